The fraction of sp³-hybridized carbons (Fsp3) is 0.800. The van der Waals surface area contributed by atoms with Crippen LogP contribution in [0, 0.1) is 6.42 Å². The Morgan fingerprint density at radius 3 is 1.75 bits per heavy atom. The average molecular weight is 144 g/mol. The molecule has 0 spiro atoms. The van der Waals surface area contributed by atoms with Crippen LogP contribution < -0.4 is 17.7 Å². The van der Waals surface area contributed by atoms with E-state index >= 15 is 0 Å². The van der Waals surface area contributed by atoms with Crippen LogP contribution >= 0.6 is 0 Å². The summed E-state index contributed by atoms with van der Waals surface area (Å²) in [5.41, 5.74) is 0. The van der Waals surface area contributed by atoms with Crippen LogP contribution in [0.1, 0.15) is 12.8 Å². The van der Waals surface area contributed by atoms with Crippen molar-refractivity contribution in [1.29, 1.82) is 0 Å². The first-order valence-electron chi connectivity index (χ1n) is 2.52. The molecule has 44 valence electrons. The summed E-state index contributed by atoms with van der Waals surface area (Å²) in [6.07, 6.45) is 4.86. The minimum atomic E-state index is 0. The number of hydrogen-bond donors (Lipinski definition) is 1. The van der Waals surface area contributed by atoms with E-state index in [4.69, 9.17) is 0 Å². The fourth-order valence-electron chi connectivity index (χ4n) is 0.678. The van der Waals surface area contributed by atoms with Crippen LogP contribution in [0.5, 0.6) is 0 Å². The Labute approximate surface area is 73.2 Å². The monoisotopic (exact) mass is 143 g/mol. The van der Waals surface area contributed by atoms with Crippen LogP contribution in [0.15, 0.2) is 0 Å². The molecule has 0 atom stereocenters. The first-order valence-corrected chi connectivity index (χ1v) is 2.52. The second-order valence-electron chi connectivity index (χ2n) is 1.62. The Bertz CT molecular complexity index is 27.9. The fourth-order valence-corrected chi connectivity index (χ4v) is 0.678. The molecule has 1 heterocycles. The molecule has 8 heavy (non-hydrogen) atoms. The summed E-state index contributed by atoms with van der Waals surface area (Å²) in [5.74, 6) is 0. The molecule has 3 heteroatoms. The minimum Gasteiger partial charge on any atom is -1.00 e. The minimum absolute atomic E-state index is 0. The molecule has 1 saturated heterocycles. The van der Waals surface area contributed by atoms with Crippen molar-refractivity contribution in [2.75, 3.05) is 13.1 Å². The summed E-state index contributed by atoms with van der Waals surface area (Å²) in [6, 6.07) is 0. The van der Waals surface area contributed by atoms with Crippen molar-refractivity contribution in [3.05, 3.63) is 6.42 Å². The molecular weight excluding hydrogens is 134 g/mol. The van der Waals surface area contributed by atoms with Crippen molar-refractivity contribution in [1.82, 2.24) is 5.32 Å². The number of piperidine rings is 1. The number of nitrogens with one attached hydrogen (secondary N) is 1. The van der Waals surface area contributed by atoms with Gasteiger partial charge in [0.25, 0.3) is 0 Å². The molecule has 1 nitrogen and oxygen atoms in total. The molecule has 0 unspecified atom stereocenters. The van der Waals surface area contributed by atoms with Crippen LogP contribution in [0.2, 0.25) is 0 Å². The van der Waals surface area contributed by atoms with Crippen molar-refractivity contribution < 1.29 is 12.4 Å². The molecule has 0 radical (unpaired) electrons. The maximum Gasteiger partial charge on any atom is 2.00 e. The molecule has 0 aromatic heterocycles. The van der Waals surface area contributed by atoms with E-state index in [0.29, 0.717) is 0 Å². The normalized spacial score (nSPS) is 18.0. The van der Waals surface area contributed by atoms with Crippen LogP contribution in [0.25, 0.3) is 0 Å². The molecular formula is C5H10ClMgN. The maximum absolute atomic E-state index is 3.25. The summed E-state index contributed by atoms with van der Waals surface area (Å²) < 4.78 is 0. The van der Waals surface area contributed by atoms with E-state index < -0.39 is 0 Å². The van der Waals surface area contributed by atoms with Gasteiger partial charge in [0.05, 0.1) is 0 Å². The van der Waals surface area contributed by atoms with Crippen molar-refractivity contribution in [2.24, 2.45) is 0 Å². The van der Waals surface area contributed by atoms with Gasteiger partial charge in [-0.05, 0) is 13.1 Å². The van der Waals surface area contributed by atoms with E-state index in [1.807, 2.05) is 0 Å². The molecule has 0 saturated carbocycles. The van der Waals surface area contributed by atoms with Gasteiger partial charge in [-0.3, -0.25) is 0 Å². The van der Waals surface area contributed by atoms with E-state index in [-0.39, 0.29) is 35.5 Å². The van der Waals surface area contributed by atoms with Gasteiger partial charge in [-0.1, -0.05) is 0 Å². The summed E-state index contributed by atoms with van der Waals surface area (Å²) in [6.45, 7) is 2.39. The van der Waals surface area contributed by atoms with Gasteiger partial charge in [0.2, 0.25) is 0 Å². The molecule has 0 aromatic rings. The van der Waals surface area contributed by atoms with Crippen molar-refractivity contribution >= 4 is 23.1 Å². The molecule has 1 aliphatic rings. The third-order valence-corrected chi connectivity index (χ3v) is 1.05. The first kappa shape index (κ1) is 11.8. The van der Waals surface area contributed by atoms with Crippen LogP contribution in [0.3, 0.4) is 0 Å². The van der Waals surface area contributed by atoms with E-state index in [2.05, 4.69) is 11.7 Å². The van der Waals surface area contributed by atoms with E-state index in [1.54, 1.807) is 0 Å². The van der Waals surface area contributed by atoms with Gasteiger partial charge in [0.1, 0.15) is 0 Å². The van der Waals surface area contributed by atoms with Gasteiger partial charge in [-0.2, -0.15) is 12.8 Å². The summed E-state index contributed by atoms with van der Waals surface area (Å²) in [7, 11) is 0. The predicted molar refractivity (Wildman–Crippen MR) is 32.2 cm³/mol. The topological polar surface area (TPSA) is 12.0 Å². The third-order valence-electron chi connectivity index (χ3n) is 1.05. The molecule has 1 rings (SSSR count). The Kier molecular flexibility index (Phi) is 11.8. The van der Waals surface area contributed by atoms with E-state index in [9.17, 15) is 0 Å². The first-order chi connectivity index (χ1) is 3.00. The Morgan fingerprint density at radius 2 is 1.62 bits per heavy atom. The standard InChI is InChI=1S/C5H10N.ClH.Mg/c1-2-4-6-5-3-1;;/h1,6H,2-5H2;1H;/q-1;;+2/p-1. The van der Waals surface area contributed by atoms with Gasteiger partial charge in [0, 0.05) is 0 Å². The van der Waals surface area contributed by atoms with Crippen molar-refractivity contribution in [2.45, 2.75) is 12.8 Å². The molecule has 0 bridgehead atoms. The Hall–Kier alpha value is 1.02. The number of hydrogen-bond acceptors (Lipinski definition) is 1. The summed E-state index contributed by atoms with van der Waals surface area (Å²) in [4.78, 5) is 0. The van der Waals surface area contributed by atoms with Crippen molar-refractivity contribution in [3.63, 3.8) is 0 Å². The van der Waals surface area contributed by atoms with Crippen LogP contribution in [-0.4, -0.2) is 36.1 Å². The second kappa shape index (κ2) is 8.02. The number of halogens is 1. The van der Waals surface area contributed by atoms with Crippen molar-refractivity contribution in [3.8, 4) is 0 Å². The van der Waals surface area contributed by atoms with Gasteiger partial charge in [-0.15, -0.1) is 0 Å². The summed E-state index contributed by atoms with van der Waals surface area (Å²) >= 11 is 0. The van der Waals surface area contributed by atoms with Gasteiger partial charge in [0.15, 0.2) is 0 Å². The zero-order chi connectivity index (χ0) is 4.24. The molecule has 0 aromatic carbocycles. The van der Waals surface area contributed by atoms with Gasteiger partial charge < -0.3 is 24.1 Å². The molecule has 1 N–H and O–H groups in total. The average Bonchev–Trinajstić information content (AvgIpc) is 1.72. The largest absolute Gasteiger partial charge is 2.00 e. The molecule has 1 fully saturated rings. The van der Waals surface area contributed by atoms with Gasteiger partial charge in [-0.25, -0.2) is 0 Å². The predicted octanol–water partition coefficient (Wildman–Crippen LogP) is -2.80. The molecule has 1 aliphatic heterocycles. The zero-order valence-electron chi connectivity index (χ0n) is 4.99. The molecule has 0 amide bonds. The quantitative estimate of drug-likeness (QED) is 0.286. The summed E-state index contributed by atoms with van der Waals surface area (Å²) in [5, 5.41) is 3.25. The Balaban J connectivity index is 0. The second-order valence-corrected chi connectivity index (χ2v) is 1.62. The van der Waals surface area contributed by atoms with E-state index in [1.165, 1.54) is 25.9 Å². The number of rotatable bonds is 0. The van der Waals surface area contributed by atoms with Crippen LogP contribution in [-0.2, 0) is 0 Å². The molecule has 0 aliphatic carbocycles. The zero-order valence-corrected chi connectivity index (χ0v) is 7.16. The smallest absolute Gasteiger partial charge is 1.00 e. The third kappa shape index (κ3) is 5.16. The van der Waals surface area contributed by atoms with Crippen LogP contribution in [0.4, 0.5) is 0 Å². The van der Waals surface area contributed by atoms with Gasteiger partial charge >= 0.3 is 23.1 Å². The maximum atomic E-state index is 3.25. The Morgan fingerprint density at radius 1 is 1.12 bits per heavy atom. The van der Waals surface area contributed by atoms with E-state index in [0.717, 1.165) is 0 Å². The SMILES string of the molecule is [CH-]1CCNCC1.[Cl-].[Mg+2].